The normalized spacial score (nSPS) is 27.4. The summed E-state index contributed by atoms with van der Waals surface area (Å²) in [6.45, 7) is 2.23. The largest absolute Gasteiger partial charge is 0.258 e. The van der Waals surface area contributed by atoms with Gasteiger partial charge in [-0.15, -0.1) is 0 Å². The number of hydrogen-bond donors (Lipinski definition) is 1. The molecule has 0 saturated heterocycles. The second-order valence-corrected chi connectivity index (χ2v) is 6.81. The van der Waals surface area contributed by atoms with Crippen molar-refractivity contribution in [1.29, 1.82) is 0 Å². The summed E-state index contributed by atoms with van der Waals surface area (Å²) in [6.07, 6.45) is 4.83. The minimum absolute atomic E-state index is 0.213. The summed E-state index contributed by atoms with van der Waals surface area (Å²) in [5.74, 6) is 0.172. The second-order valence-electron chi connectivity index (χ2n) is 5.85. The highest BCUT2D eigenvalue weighted by Crippen LogP contribution is 2.27. The highest BCUT2D eigenvalue weighted by atomic mass is 32.2. The van der Waals surface area contributed by atoms with Gasteiger partial charge in [-0.2, -0.15) is 5.10 Å². The molecule has 1 aromatic carbocycles. The summed E-state index contributed by atoms with van der Waals surface area (Å²) in [7, 11) is 0. The molecule has 3 nitrogen and oxygen atoms in total. The van der Waals surface area contributed by atoms with Gasteiger partial charge in [-0.1, -0.05) is 31.5 Å². The molecule has 1 heterocycles. The summed E-state index contributed by atoms with van der Waals surface area (Å²) >= 11 is 1.50. The van der Waals surface area contributed by atoms with E-state index >= 15 is 0 Å². The Hall–Kier alpha value is -1.43. The molecule has 6 heteroatoms. The first-order valence-corrected chi connectivity index (χ1v) is 8.60. The molecule has 0 aromatic heterocycles. The Bertz CT molecular complexity index is 615. The molecule has 2 aliphatic rings. The fraction of sp³-hybridized carbons (Fsp3) is 0.500. The Morgan fingerprint density at radius 1 is 1.27 bits per heavy atom. The summed E-state index contributed by atoms with van der Waals surface area (Å²) in [5, 5.41) is 4.96. The van der Waals surface area contributed by atoms with Crippen molar-refractivity contribution in [2.24, 2.45) is 16.0 Å². The van der Waals surface area contributed by atoms with Crippen LogP contribution in [0.2, 0.25) is 0 Å². The van der Waals surface area contributed by atoms with Crippen molar-refractivity contribution in [2.45, 2.75) is 38.6 Å². The molecule has 0 amide bonds. The van der Waals surface area contributed by atoms with Crippen LogP contribution in [0.5, 0.6) is 0 Å². The third kappa shape index (κ3) is 3.48. The van der Waals surface area contributed by atoms with Crippen LogP contribution in [0.4, 0.5) is 8.78 Å². The molecule has 3 rings (SSSR count). The minimum atomic E-state index is -0.459. The molecular formula is C16H19F2N3S. The maximum absolute atomic E-state index is 13.8. The maximum atomic E-state index is 13.8. The lowest BCUT2D eigenvalue weighted by atomic mass is 9.86. The Labute approximate surface area is 133 Å². The average Bonchev–Trinajstić information content (AvgIpc) is 2.53. The van der Waals surface area contributed by atoms with E-state index in [4.69, 9.17) is 4.99 Å². The molecule has 0 bridgehead atoms. The SMILES string of the molecule is C[C@H]1CCCC[C@@H]1N=C1NN=C(c2cc(F)ccc2F)CS1. The molecule has 118 valence electrons. The summed E-state index contributed by atoms with van der Waals surface area (Å²) in [4.78, 5) is 4.74. The third-order valence-corrected chi connectivity index (χ3v) is 5.11. The van der Waals surface area contributed by atoms with Crippen LogP contribution in [-0.2, 0) is 0 Å². The first-order chi connectivity index (χ1) is 10.6. The van der Waals surface area contributed by atoms with Gasteiger partial charge >= 0.3 is 0 Å². The van der Waals surface area contributed by atoms with Crippen LogP contribution in [0.15, 0.2) is 28.3 Å². The summed E-state index contributed by atoms with van der Waals surface area (Å²) in [6, 6.07) is 3.76. The highest BCUT2D eigenvalue weighted by molar-refractivity contribution is 8.14. The van der Waals surface area contributed by atoms with Crippen molar-refractivity contribution in [3.05, 3.63) is 35.4 Å². The molecule has 0 unspecified atom stereocenters. The molecule has 0 spiro atoms. The predicted molar refractivity (Wildman–Crippen MR) is 87.3 cm³/mol. The molecule has 2 atom stereocenters. The average molecular weight is 323 g/mol. The molecule has 1 aromatic rings. The van der Waals surface area contributed by atoms with Crippen molar-refractivity contribution in [3.8, 4) is 0 Å². The molecule has 0 radical (unpaired) electrons. The van der Waals surface area contributed by atoms with Crippen LogP contribution in [0.1, 0.15) is 38.2 Å². The summed E-state index contributed by atoms with van der Waals surface area (Å²) < 4.78 is 27.0. The number of hydrogen-bond acceptors (Lipinski definition) is 3. The number of thioether (sulfide) groups is 1. The second kappa shape index (κ2) is 6.77. The molecule has 1 saturated carbocycles. The van der Waals surface area contributed by atoms with Crippen molar-refractivity contribution in [3.63, 3.8) is 0 Å². The van der Waals surface area contributed by atoms with Gasteiger partial charge in [-0.3, -0.25) is 10.4 Å². The summed E-state index contributed by atoms with van der Waals surface area (Å²) in [5.41, 5.74) is 3.62. The van der Waals surface area contributed by atoms with Crippen molar-refractivity contribution in [2.75, 3.05) is 5.75 Å². The third-order valence-electron chi connectivity index (χ3n) is 4.22. The molecule has 1 aliphatic heterocycles. The number of amidine groups is 1. The zero-order chi connectivity index (χ0) is 15.5. The van der Waals surface area contributed by atoms with Gasteiger partial charge in [0.2, 0.25) is 0 Å². The van der Waals surface area contributed by atoms with Crippen LogP contribution in [0, 0.1) is 17.6 Å². The standard InChI is InChI=1S/C16H19F2N3S/c1-10-4-2-3-5-14(10)19-16-21-20-15(9-22-16)12-8-11(17)6-7-13(12)18/h6-8,10,14H,2-5,9H2,1H3,(H,19,21)/t10-,14-/m0/s1. The van der Waals surface area contributed by atoms with E-state index in [1.165, 1.54) is 37.1 Å². The van der Waals surface area contributed by atoms with E-state index in [2.05, 4.69) is 17.5 Å². The molecule has 1 fully saturated rings. The van der Waals surface area contributed by atoms with Gasteiger partial charge in [0.15, 0.2) is 5.17 Å². The van der Waals surface area contributed by atoms with Gasteiger partial charge in [0.05, 0.1) is 11.8 Å². The fourth-order valence-electron chi connectivity index (χ4n) is 2.88. The topological polar surface area (TPSA) is 36.8 Å². The Kier molecular flexibility index (Phi) is 4.76. The van der Waals surface area contributed by atoms with Crippen LogP contribution in [0.3, 0.4) is 0 Å². The van der Waals surface area contributed by atoms with Gasteiger partial charge in [-0.25, -0.2) is 8.78 Å². The van der Waals surface area contributed by atoms with Gasteiger partial charge in [0.1, 0.15) is 11.6 Å². The van der Waals surface area contributed by atoms with Crippen LogP contribution in [0.25, 0.3) is 0 Å². The number of benzene rings is 1. The molecule has 1 aliphatic carbocycles. The van der Waals surface area contributed by atoms with Crippen LogP contribution < -0.4 is 5.43 Å². The van der Waals surface area contributed by atoms with E-state index in [1.807, 2.05) is 0 Å². The Morgan fingerprint density at radius 3 is 2.82 bits per heavy atom. The fourth-order valence-corrected chi connectivity index (χ4v) is 3.69. The zero-order valence-corrected chi connectivity index (χ0v) is 13.3. The van der Waals surface area contributed by atoms with Crippen LogP contribution >= 0.6 is 11.8 Å². The Balaban J connectivity index is 1.73. The lowest BCUT2D eigenvalue weighted by molar-refractivity contribution is 0.333. The van der Waals surface area contributed by atoms with E-state index in [0.29, 0.717) is 23.4 Å². The van der Waals surface area contributed by atoms with E-state index < -0.39 is 11.6 Å². The lowest BCUT2D eigenvalue weighted by Gasteiger charge is -2.26. The monoisotopic (exact) mass is 323 g/mol. The first-order valence-electron chi connectivity index (χ1n) is 7.62. The number of hydrazone groups is 1. The Morgan fingerprint density at radius 2 is 2.09 bits per heavy atom. The number of nitrogens with zero attached hydrogens (tertiary/aromatic N) is 2. The first kappa shape index (κ1) is 15.5. The van der Waals surface area contributed by atoms with Crippen molar-refractivity contribution < 1.29 is 8.78 Å². The lowest BCUT2D eigenvalue weighted by Crippen LogP contribution is -2.29. The van der Waals surface area contributed by atoms with Gasteiger partial charge in [-0.05, 0) is 37.0 Å². The van der Waals surface area contributed by atoms with E-state index in [-0.39, 0.29) is 5.56 Å². The van der Waals surface area contributed by atoms with Crippen LogP contribution in [-0.4, -0.2) is 22.7 Å². The van der Waals surface area contributed by atoms with Crippen molar-refractivity contribution in [1.82, 2.24) is 5.43 Å². The van der Waals surface area contributed by atoms with E-state index in [9.17, 15) is 8.78 Å². The molecule has 22 heavy (non-hydrogen) atoms. The van der Waals surface area contributed by atoms with Gasteiger partial charge in [0, 0.05) is 11.3 Å². The molecular weight excluding hydrogens is 304 g/mol. The van der Waals surface area contributed by atoms with Crippen molar-refractivity contribution >= 4 is 22.6 Å². The number of nitrogens with one attached hydrogen (secondary N) is 1. The number of rotatable bonds is 2. The van der Waals surface area contributed by atoms with E-state index in [0.717, 1.165) is 23.7 Å². The van der Waals surface area contributed by atoms with Gasteiger partial charge in [0.25, 0.3) is 0 Å². The number of aliphatic imine (C=N–C) groups is 1. The quantitative estimate of drug-likeness (QED) is 0.895. The maximum Gasteiger partial charge on any atom is 0.177 e. The zero-order valence-electron chi connectivity index (χ0n) is 12.5. The smallest absolute Gasteiger partial charge is 0.177 e. The predicted octanol–water partition coefficient (Wildman–Crippen LogP) is 3.94. The molecule has 1 N–H and O–H groups in total. The van der Waals surface area contributed by atoms with E-state index in [1.54, 1.807) is 0 Å². The van der Waals surface area contributed by atoms with Gasteiger partial charge < -0.3 is 0 Å². The minimum Gasteiger partial charge on any atom is -0.258 e. The highest BCUT2D eigenvalue weighted by Gasteiger charge is 2.23. The number of halogens is 2.